The lowest BCUT2D eigenvalue weighted by atomic mass is 10.2. The summed E-state index contributed by atoms with van der Waals surface area (Å²) >= 11 is 1.02. The van der Waals surface area contributed by atoms with Gasteiger partial charge in [-0.2, -0.15) is 0 Å². The van der Waals surface area contributed by atoms with Crippen LogP contribution in [0, 0.1) is 10.1 Å². The van der Waals surface area contributed by atoms with E-state index >= 15 is 0 Å². The van der Waals surface area contributed by atoms with Gasteiger partial charge in [0.1, 0.15) is 0 Å². The summed E-state index contributed by atoms with van der Waals surface area (Å²) in [7, 11) is -3.27. The van der Waals surface area contributed by atoms with E-state index in [2.05, 4.69) is 0 Å². The van der Waals surface area contributed by atoms with Gasteiger partial charge in [0.25, 0.3) is 0 Å². The summed E-state index contributed by atoms with van der Waals surface area (Å²) in [5.41, 5.74) is 0.663. The van der Waals surface area contributed by atoms with Crippen LogP contribution in [0.25, 0.3) is 10.4 Å². The Morgan fingerprint density at radius 2 is 1.94 bits per heavy atom. The van der Waals surface area contributed by atoms with Crippen LogP contribution in [0.4, 0.5) is 5.00 Å². The molecule has 18 heavy (non-hydrogen) atoms. The molecular weight excluding hydrogens is 274 g/mol. The first kappa shape index (κ1) is 12.7. The molecule has 1 aromatic heterocycles. The van der Waals surface area contributed by atoms with Crippen molar-refractivity contribution in [1.29, 1.82) is 0 Å². The van der Waals surface area contributed by atoms with Gasteiger partial charge in [-0.1, -0.05) is 23.5 Å². The Morgan fingerprint density at radius 1 is 1.22 bits per heavy atom. The highest BCUT2D eigenvalue weighted by molar-refractivity contribution is 7.90. The second-order valence-electron chi connectivity index (χ2n) is 3.69. The van der Waals surface area contributed by atoms with Crippen molar-refractivity contribution >= 4 is 26.2 Å². The van der Waals surface area contributed by atoms with E-state index in [1.165, 1.54) is 18.2 Å². The van der Waals surface area contributed by atoms with E-state index in [-0.39, 0.29) is 9.90 Å². The predicted octanol–water partition coefficient (Wildman–Crippen LogP) is 2.73. The first-order valence-corrected chi connectivity index (χ1v) is 7.63. The first-order chi connectivity index (χ1) is 8.38. The topological polar surface area (TPSA) is 77.3 Å². The van der Waals surface area contributed by atoms with E-state index in [9.17, 15) is 18.5 Å². The van der Waals surface area contributed by atoms with Crippen LogP contribution in [0.5, 0.6) is 0 Å². The molecule has 5 nitrogen and oxygen atoms in total. The first-order valence-electron chi connectivity index (χ1n) is 4.92. The quantitative estimate of drug-likeness (QED) is 0.641. The summed E-state index contributed by atoms with van der Waals surface area (Å²) in [6.45, 7) is 0. The number of nitrogens with zero attached hydrogens (tertiary/aromatic N) is 1. The third-order valence-corrected chi connectivity index (χ3v) is 4.51. The summed E-state index contributed by atoms with van der Waals surface area (Å²) in [5, 5.41) is 10.6. The molecule has 0 radical (unpaired) electrons. The van der Waals surface area contributed by atoms with Crippen molar-refractivity contribution in [3.8, 4) is 10.4 Å². The van der Waals surface area contributed by atoms with E-state index in [0.29, 0.717) is 10.4 Å². The van der Waals surface area contributed by atoms with Gasteiger partial charge in [0, 0.05) is 17.2 Å². The van der Waals surface area contributed by atoms with E-state index in [1.54, 1.807) is 18.2 Å². The molecule has 0 saturated heterocycles. The van der Waals surface area contributed by atoms with Gasteiger partial charge in [0.15, 0.2) is 9.84 Å². The molecule has 0 saturated carbocycles. The molecule has 0 spiro atoms. The predicted molar refractivity (Wildman–Crippen MR) is 69.5 cm³/mol. The van der Waals surface area contributed by atoms with Crippen molar-refractivity contribution in [2.45, 2.75) is 4.90 Å². The minimum Gasteiger partial charge on any atom is -0.258 e. The van der Waals surface area contributed by atoms with Crippen LogP contribution in [0.2, 0.25) is 0 Å². The third-order valence-electron chi connectivity index (χ3n) is 2.32. The second-order valence-corrected chi connectivity index (χ2v) is 6.77. The lowest BCUT2D eigenvalue weighted by Crippen LogP contribution is -1.96. The van der Waals surface area contributed by atoms with Gasteiger partial charge >= 0.3 is 5.00 Å². The minimum atomic E-state index is -3.27. The molecule has 1 heterocycles. The summed E-state index contributed by atoms with van der Waals surface area (Å²) in [6, 6.07) is 9.39. The monoisotopic (exact) mass is 283 g/mol. The molecule has 0 bridgehead atoms. The largest absolute Gasteiger partial charge is 0.324 e. The summed E-state index contributed by atoms with van der Waals surface area (Å²) in [5.74, 6) is 0. The maximum absolute atomic E-state index is 11.4. The summed E-state index contributed by atoms with van der Waals surface area (Å²) < 4.78 is 22.9. The van der Waals surface area contributed by atoms with Crippen LogP contribution >= 0.6 is 11.3 Å². The van der Waals surface area contributed by atoms with Crippen LogP contribution in [-0.2, 0) is 9.84 Å². The number of hydrogen-bond acceptors (Lipinski definition) is 5. The number of sulfone groups is 1. The van der Waals surface area contributed by atoms with Gasteiger partial charge < -0.3 is 0 Å². The summed E-state index contributed by atoms with van der Waals surface area (Å²) in [6.07, 6.45) is 1.13. The normalized spacial score (nSPS) is 11.4. The maximum Gasteiger partial charge on any atom is 0.324 e. The number of nitro groups is 1. The molecule has 0 amide bonds. The molecule has 7 heteroatoms. The lowest BCUT2D eigenvalue weighted by Gasteiger charge is -2.01. The average molecular weight is 283 g/mol. The number of benzene rings is 1. The molecule has 0 unspecified atom stereocenters. The number of hydrogen-bond donors (Lipinski definition) is 0. The van der Waals surface area contributed by atoms with Gasteiger partial charge in [-0.05, 0) is 23.8 Å². The maximum atomic E-state index is 11.4. The fraction of sp³-hybridized carbons (Fsp3) is 0.0909. The molecule has 0 N–H and O–H groups in total. The van der Waals surface area contributed by atoms with Crippen molar-refractivity contribution in [2.75, 3.05) is 6.26 Å². The van der Waals surface area contributed by atoms with Crippen LogP contribution in [0.3, 0.4) is 0 Å². The van der Waals surface area contributed by atoms with Gasteiger partial charge in [-0.3, -0.25) is 10.1 Å². The fourth-order valence-corrected chi connectivity index (χ4v) is 2.94. The number of rotatable bonds is 3. The molecular formula is C11H9NO4S2. The Kier molecular flexibility index (Phi) is 3.18. The Hall–Kier alpha value is -1.73. The zero-order chi connectivity index (χ0) is 13.3. The molecule has 0 atom stereocenters. The van der Waals surface area contributed by atoms with Gasteiger partial charge in [-0.15, -0.1) is 0 Å². The Labute approximate surface area is 108 Å². The van der Waals surface area contributed by atoms with Gasteiger partial charge in [-0.25, -0.2) is 8.42 Å². The molecule has 0 aliphatic carbocycles. The van der Waals surface area contributed by atoms with Crippen LogP contribution in [-0.4, -0.2) is 19.6 Å². The molecule has 0 aliphatic rings. The van der Waals surface area contributed by atoms with Crippen LogP contribution < -0.4 is 0 Å². The van der Waals surface area contributed by atoms with Crippen LogP contribution in [0.15, 0.2) is 41.3 Å². The van der Waals surface area contributed by atoms with Crippen molar-refractivity contribution in [2.24, 2.45) is 0 Å². The molecule has 0 aliphatic heterocycles. The SMILES string of the molecule is CS(=O)(=O)c1cccc(-c2ccc([N+](=O)[O-])s2)c1. The zero-order valence-electron chi connectivity index (χ0n) is 9.36. The highest BCUT2D eigenvalue weighted by Crippen LogP contribution is 2.33. The Bertz CT molecular complexity index is 703. The molecule has 2 rings (SSSR count). The molecule has 2 aromatic rings. The minimum absolute atomic E-state index is 0.0368. The Morgan fingerprint density at radius 3 is 2.50 bits per heavy atom. The van der Waals surface area contributed by atoms with E-state index in [4.69, 9.17) is 0 Å². The van der Waals surface area contributed by atoms with Crippen molar-refractivity contribution in [3.63, 3.8) is 0 Å². The smallest absolute Gasteiger partial charge is 0.258 e. The van der Waals surface area contributed by atoms with Crippen LogP contribution in [0.1, 0.15) is 0 Å². The highest BCUT2D eigenvalue weighted by atomic mass is 32.2. The van der Waals surface area contributed by atoms with Gasteiger partial charge in [0.2, 0.25) is 0 Å². The van der Waals surface area contributed by atoms with Crippen molar-refractivity contribution in [3.05, 3.63) is 46.5 Å². The van der Waals surface area contributed by atoms with E-state index in [0.717, 1.165) is 17.6 Å². The molecule has 0 fully saturated rings. The van der Waals surface area contributed by atoms with E-state index in [1.807, 2.05) is 0 Å². The lowest BCUT2D eigenvalue weighted by molar-refractivity contribution is -0.380. The fourth-order valence-electron chi connectivity index (χ4n) is 1.46. The molecule has 1 aromatic carbocycles. The average Bonchev–Trinajstić information content (AvgIpc) is 2.77. The highest BCUT2D eigenvalue weighted by Gasteiger charge is 2.13. The second kappa shape index (κ2) is 4.51. The van der Waals surface area contributed by atoms with E-state index < -0.39 is 14.8 Å². The third kappa shape index (κ3) is 2.57. The van der Waals surface area contributed by atoms with Gasteiger partial charge in [0.05, 0.1) is 9.82 Å². The Balaban J connectivity index is 2.48. The zero-order valence-corrected chi connectivity index (χ0v) is 11.0. The number of thiophene rings is 1. The standard InChI is InChI=1S/C11H9NO4S2/c1-18(15,16)9-4-2-3-8(7-9)10-5-6-11(17-10)12(13)14/h2-7H,1H3. The van der Waals surface area contributed by atoms with Crippen molar-refractivity contribution < 1.29 is 13.3 Å². The molecule has 94 valence electrons. The van der Waals surface area contributed by atoms with Crippen molar-refractivity contribution in [1.82, 2.24) is 0 Å². The summed E-state index contributed by atoms with van der Waals surface area (Å²) in [4.78, 5) is 11.0.